The van der Waals surface area contributed by atoms with Crippen molar-refractivity contribution >= 4 is 11.8 Å². The standard InChI is InChI=1S/C16H25N5O3/c1-2-3-5-13-10-16(24)20(12-18-13)11-14(22)17-8-9-21-15(23)6-4-7-19-21/h4,6-7,13,18H,2-3,5,8-12H2,1H3,(H,17,22). The number of aromatic nitrogens is 2. The zero-order chi connectivity index (χ0) is 17.4. The van der Waals surface area contributed by atoms with Gasteiger partial charge in [0.15, 0.2) is 0 Å². The van der Waals surface area contributed by atoms with Crippen LogP contribution >= 0.6 is 0 Å². The smallest absolute Gasteiger partial charge is 0.266 e. The Hall–Kier alpha value is -2.22. The van der Waals surface area contributed by atoms with Crippen LogP contribution in [0.4, 0.5) is 0 Å². The van der Waals surface area contributed by atoms with Gasteiger partial charge in [0.05, 0.1) is 13.2 Å². The summed E-state index contributed by atoms with van der Waals surface area (Å²) < 4.78 is 1.28. The molecule has 0 aliphatic carbocycles. The average Bonchev–Trinajstić information content (AvgIpc) is 2.57. The summed E-state index contributed by atoms with van der Waals surface area (Å²) in [5.74, 6) is -0.230. The van der Waals surface area contributed by atoms with E-state index >= 15 is 0 Å². The minimum atomic E-state index is -0.235. The number of nitrogens with zero attached hydrogens (tertiary/aromatic N) is 3. The van der Waals surface area contributed by atoms with Gasteiger partial charge in [-0.1, -0.05) is 19.8 Å². The molecule has 1 fully saturated rings. The highest BCUT2D eigenvalue weighted by Gasteiger charge is 2.25. The van der Waals surface area contributed by atoms with Crippen LogP contribution in [-0.2, 0) is 16.1 Å². The molecule has 1 aliphatic heterocycles. The van der Waals surface area contributed by atoms with E-state index in [1.165, 1.54) is 21.8 Å². The number of rotatable bonds is 8. The predicted molar refractivity (Wildman–Crippen MR) is 89.2 cm³/mol. The normalized spacial score (nSPS) is 17.8. The van der Waals surface area contributed by atoms with Gasteiger partial charge < -0.3 is 10.2 Å². The zero-order valence-corrected chi connectivity index (χ0v) is 14.0. The quantitative estimate of drug-likeness (QED) is 0.680. The van der Waals surface area contributed by atoms with Crippen LogP contribution in [-0.4, -0.2) is 52.3 Å². The van der Waals surface area contributed by atoms with Gasteiger partial charge in [-0.15, -0.1) is 0 Å². The van der Waals surface area contributed by atoms with Crippen molar-refractivity contribution in [3.05, 3.63) is 28.7 Å². The summed E-state index contributed by atoms with van der Waals surface area (Å²) in [4.78, 5) is 37.0. The van der Waals surface area contributed by atoms with Crippen LogP contribution < -0.4 is 16.2 Å². The first-order valence-electron chi connectivity index (χ1n) is 8.40. The molecule has 1 aliphatic rings. The van der Waals surface area contributed by atoms with Crippen molar-refractivity contribution in [2.75, 3.05) is 19.8 Å². The summed E-state index contributed by atoms with van der Waals surface area (Å²) in [5, 5.41) is 9.92. The average molecular weight is 335 g/mol. The SMILES string of the molecule is CCCCC1CC(=O)N(CC(=O)NCCn2ncccc2=O)CN1. The third-order valence-corrected chi connectivity index (χ3v) is 4.02. The summed E-state index contributed by atoms with van der Waals surface area (Å²) in [6, 6.07) is 3.20. The van der Waals surface area contributed by atoms with Gasteiger partial charge in [0.25, 0.3) is 5.56 Å². The van der Waals surface area contributed by atoms with E-state index in [1.54, 1.807) is 6.07 Å². The van der Waals surface area contributed by atoms with Crippen LogP contribution in [0.5, 0.6) is 0 Å². The molecular formula is C16H25N5O3. The maximum Gasteiger partial charge on any atom is 0.266 e. The third-order valence-electron chi connectivity index (χ3n) is 4.02. The van der Waals surface area contributed by atoms with Crippen molar-refractivity contribution in [1.82, 2.24) is 25.3 Å². The number of hydrogen-bond acceptors (Lipinski definition) is 5. The van der Waals surface area contributed by atoms with Gasteiger partial charge in [0.2, 0.25) is 11.8 Å². The predicted octanol–water partition coefficient (Wildman–Crippen LogP) is -0.302. The number of hydrogen-bond donors (Lipinski definition) is 2. The molecule has 0 saturated carbocycles. The highest BCUT2D eigenvalue weighted by atomic mass is 16.2. The van der Waals surface area contributed by atoms with Crippen LogP contribution in [0.2, 0.25) is 0 Å². The van der Waals surface area contributed by atoms with E-state index in [-0.39, 0.29) is 30.0 Å². The molecule has 1 unspecified atom stereocenters. The van der Waals surface area contributed by atoms with Gasteiger partial charge in [-0.3, -0.25) is 19.7 Å². The van der Waals surface area contributed by atoms with Crippen molar-refractivity contribution in [2.24, 2.45) is 0 Å². The fraction of sp³-hybridized carbons (Fsp3) is 0.625. The van der Waals surface area contributed by atoms with Crippen molar-refractivity contribution in [1.29, 1.82) is 0 Å². The second kappa shape index (κ2) is 9.17. The minimum absolute atomic E-state index is 0.00551. The molecule has 1 atom stereocenters. The van der Waals surface area contributed by atoms with E-state index in [2.05, 4.69) is 22.7 Å². The van der Waals surface area contributed by atoms with Crippen molar-refractivity contribution < 1.29 is 9.59 Å². The molecule has 8 heteroatoms. The maximum atomic E-state index is 12.1. The molecule has 2 N–H and O–H groups in total. The van der Waals surface area contributed by atoms with Crippen LogP contribution in [0.25, 0.3) is 0 Å². The molecule has 0 spiro atoms. The monoisotopic (exact) mass is 335 g/mol. The first-order chi connectivity index (χ1) is 11.6. The summed E-state index contributed by atoms with van der Waals surface area (Å²) in [5.41, 5.74) is -0.208. The molecule has 2 amide bonds. The Bertz CT molecular complexity index is 616. The van der Waals surface area contributed by atoms with E-state index < -0.39 is 0 Å². The molecule has 1 saturated heterocycles. The molecule has 0 bridgehead atoms. The lowest BCUT2D eigenvalue weighted by Crippen LogP contribution is -2.53. The third kappa shape index (κ3) is 5.45. The fourth-order valence-corrected chi connectivity index (χ4v) is 2.62. The molecule has 1 aromatic heterocycles. The van der Waals surface area contributed by atoms with Crippen molar-refractivity contribution in [2.45, 2.75) is 45.2 Å². The second-order valence-electron chi connectivity index (χ2n) is 5.93. The minimum Gasteiger partial charge on any atom is -0.353 e. The van der Waals surface area contributed by atoms with E-state index in [4.69, 9.17) is 0 Å². The lowest BCUT2D eigenvalue weighted by atomic mass is 10.0. The Balaban J connectivity index is 1.70. The lowest BCUT2D eigenvalue weighted by Gasteiger charge is -2.32. The van der Waals surface area contributed by atoms with Crippen LogP contribution in [0, 0.1) is 0 Å². The van der Waals surface area contributed by atoms with Gasteiger partial charge in [0.1, 0.15) is 6.54 Å². The van der Waals surface area contributed by atoms with E-state index in [0.717, 1.165) is 19.3 Å². The highest BCUT2D eigenvalue weighted by Crippen LogP contribution is 2.11. The van der Waals surface area contributed by atoms with Crippen LogP contribution in [0.15, 0.2) is 23.1 Å². The Labute approximate surface area is 141 Å². The molecule has 2 rings (SSSR count). The number of amides is 2. The molecule has 132 valence electrons. The lowest BCUT2D eigenvalue weighted by molar-refractivity contribution is -0.139. The maximum absolute atomic E-state index is 12.1. The largest absolute Gasteiger partial charge is 0.353 e. The molecule has 1 aromatic rings. The number of carbonyl (C=O) groups is 2. The molecular weight excluding hydrogens is 310 g/mol. The first-order valence-corrected chi connectivity index (χ1v) is 8.40. The van der Waals surface area contributed by atoms with Gasteiger partial charge >= 0.3 is 0 Å². The van der Waals surface area contributed by atoms with Gasteiger partial charge in [-0.25, -0.2) is 4.68 Å². The number of unbranched alkanes of at least 4 members (excludes halogenated alkanes) is 1. The fourth-order valence-electron chi connectivity index (χ4n) is 2.62. The number of carbonyl (C=O) groups excluding carboxylic acids is 2. The molecule has 0 radical (unpaired) electrons. The Kier molecular flexibility index (Phi) is 6.92. The van der Waals surface area contributed by atoms with E-state index in [9.17, 15) is 14.4 Å². The topological polar surface area (TPSA) is 96.3 Å². The molecule has 24 heavy (non-hydrogen) atoms. The summed E-state index contributed by atoms with van der Waals surface area (Å²) >= 11 is 0. The first kappa shape index (κ1) is 18.1. The zero-order valence-electron chi connectivity index (χ0n) is 14.0. The summed E-state index contributed by atoms with van der Waals surface area (Å²) in [7, 11) is 0. The Morgan fingerprint density at radius 3 is 3.00 bits per heavy atom. The second-order valence-corrected chi connectivity index (χ2v) is 5.93. The summed E-state index contributed by atoms with van der Waals surface area (Å²) in [6.07, 6.45) is 5.16. The molecule has 0 aromatic carbocycles. The summed E-state index contributed by atoms with van der Waals surface area (Å²) in [6.45, 7) is 3.16. The van der Waals surface area contributed by atoms with Crippen LogP contribution in [0.3, 0.4) is 0 Å². The van der Waals surface area contributed by atoms with Crippen molar-refractivity contribution in [3.63, 3.8) is 0 Å². The van der Waals surface area contributed by atoms with Gasteiger partial charge in [0, 0.05) is 31.3 Å². The Morgan fingerprint density at radius 2 is 2.29 bits per heavy atom. The van der Waals surface area contributed by atoms with E-state index in [1.807, 2.05) is 0 Å². The molecule has 2 heterocycles. The number of nitrogens with one attached hydrogen (secondary N) is 2. The van der Waals surface area contributed by atoms with Gasteiger partial charge in [-0.2, -0.15) is 5.10 Å². The Morgan fingerprint density at radius 1 is 1.46 bits per heavy atom. The van der Waals surface area contributed by atoms with Crippen molar-refractivity contribution in [3.8, 4) is 0 Å². The van der Waals surface area contributed by atoms with Crippen LogP contribution in [0.1, 0.15) is 32.6 Å². The van der Waals surface area contributed by atoms with E-state index in [0.29, 0.717) is 26.2 Å². The molecule has 8 nitrogen and oxygen atoms in total. The van der Waals surface area contributed by atoms with Gasteiger partial charge in [-0.05, 0) is 12.5 Å². The highest BCUT2D eigenvalue weighted by molar-refractivity contribution is 5.85.